The molecule has 0 bridgehead atoms. The maximum Gasteiger partial charge on any atom is 0.246 e. The second-order valence-corrected chi connectivity index (χ2v) is 6.87. The molecule has 0 saturated carbocycles. The molecule has 1 aliphatic heterocycles. The molecule has 0 atom stereocenters. The molecular formula is C16H18ClIN2O3. The monoisotopic (exact) mass is 448 g/mol. The Kier molecular flexibility index (Phi) is 6.29. The van der Waals surface area contributed by atoms with Crippen LogP contribution in [-0.2, 0) is 16.0 Å². The predicted octanol–water partition coefficient (Wildman–Crippen LogP) is 2.44. The van der Waals surface area contributed by atoms with E-state index in [9.17, 15) is 14.7 Å². The molecular weight excluding hydrogens is 431 g/mol. The van der Waals surface area contributed by atoms with Crippen LogP contribution in [0.15, 0.2) is 24.8 Å². The van der Waals surface area contributed by atoms with Crippen molar-refractivity contribution in [2.45, 2.75) is 12.8 Å². The summed E-state index contributed by atoms with van der Waals surface area (Å²) in [6.45, 7) is 5.57. The van der Waals surface area contributed by atoms with Crippen LogP contribution in [0.4, 0.5) is 0 Å². The summed E-state index contributed by atoms with van der Waals surface area (Å²) in [5, 5.41) is 10.5. The second kappa shape index (κ2) is 8.01. The van der Waals surface area contributed by atoms with Crippen LogP contribution in [0.25, 0.3) is 0 Å². The first kappa shape index (κ1) is 18.1. The summed E-state index contributed by atoms with van der Waals surface area (Å²) in [5.74, 6) is 0.0772. The van der Waals surface area contributed by atoms with Crippen molar-refractivity contribution in [3.63, 3.8) is 0 Å². The Labute approximate surface area is 154 Å². The summed E-state index contributed by atoms with van der Waals surface area (Å²) in [6, 6.07) is 3.30. The van der Waals surface area contributed by atoms with Crippen LogP contribution in [0.1, 0.15) is 12.0 Å². The zero-order valence-electron chi connectivity index (χ0n) is 12.6. The first-order valence-electron chi connectivity index (χ1n) is 7.28. The molecule has 0 spiro atoms. The molecule has 1 heterocycles. The third-order valence-corrected chi connectivity index (χ3v) is 5.37. The van der Waals surface area contributed by atoms with Crippen molar-refractivity contribution >= 4 is 46.0 Å². The smallest absolute Gasteiger partial charge is 0.246 e. The molecule has 124 valence electrons. The van der Waals surface area contributed by atoms with Gasteiger partial charge >= 0.3 is 0 Å². The molecule has 23 heavy (non-hydrogen) atoms. The highest BCUT2D eigenvalue weighted by molar-refractivity contribution is 14.1. The van der Waals surface area contributed by atoms with Crippen molar-refractivity contribution in [2.75, 3.05) is 26.2 Å². The molecule has 0 radical (unpaired) electrons. The molecule has 1 fully saturated rings. The number of hydrogen-bond acceptors (Lipinski definition) is 3. The van der Waals surface area contributed by atoms with Crippen LogP contribution < -0.4 is 0 Å². The zero-order chi connectivity index (χ0) is 17.0. The number of phenols is 1. The highest BCUT2D eigenvalue weighted by Gasteiger charge is 2.22. The number of carbonyl (C=O) groups is 2. The Hall–Kier alpha value is -1.28. The molecule has 1 saturated heterocycles. The van der Waals surface area contributed by atoms with Gasteiger partial charge in [0.25, 0.3) is 0 Å². The number of amides is 2. The summed E-state index contributed by atoms with van der Waals surface area (Å²) in [4.78, 5) is 27.2. The lowest BCUT2D eigenvalue weighted by Gasteiger charge is -2.34. The minimum absolute atomic E-state index is 0.0183. The Morgan fingerprint density at radius 2 is 1.87 bits per heavy atom. The lowest BCUT2D eigenvalue weighted by molar-refractivity contribution is -0.137. The molecule has 2 rings (SSSR count). The first-order chi connectivity index (χ1) is 10.9. The van der Waals surface area contributed by atoms with Crippen molar-refractivity contribution in [1.29, 1.82) is 0 Å². The first-order valence-corrected chi connectivity index (χ1v) is 8.74. The highest BCUT2D eigenvalue weighted by Crippen LogP contribution is 2.28. The quantitative estimate of drug-likeness (QED) is 0.569. The Morgan fingerprint density at radius 3 is 2.48 bits per heavy atom. The normalized spacial score (nSPS) is 14.7. The standard InChI is InChI=1S/C16H18ClIN2O3/c1-2-15(22)19-5-7-20(8-6-19)16(23)4-3-11-9-12(17)13(18)10-14(11)21/h2,9-10,21H,1,3-8H2. The summed E-state index contributed by atoms with van der Waals surface area (Å²) in [7, 11) is 0. The van der Waals surface area contributed by atoms with Crippen LogP contribution >= 0.6 is 34.2 Å². The fraction of sp³-hybridized carbons (Fsp3) is 0.375. The van der Waals surface area contributed by atoms with E-state index in [1.807, 2.05) is 22.6 Å². The summed E-state index contributed by atoms with van der Waals surface area (Å²) in [5.41, 5.74) is 0.671. The van der Waals surface area contributed by atoms with E-state index in [2.05, 4.69) is 6.58 Å². The minimum Gasteiger partial charge on any atom is -0.508 e. The van der Waals surface area contributed by atoms with Crippen LogP contribution in [0.2, 0.25) is 5.02 Å². The maximum absolute atomic E-state index is 12.3. The van der Waals surface area contributed by atoms with E-state index in [-0.39, 0.29) is 17.6 Å². The van der Waals surface area contributed by atoms with Crippen LogP contribution in [0, 0.1) is 3.57 Å². The minimum atomic E-state index is -0.101. The lowest BCUT2D eigenvalue weighted by Crippen LogP contribution is -2.50. The number of nitrogens with zero attached hydrogens (tertiary/aromatic N) is 2. The van der Waals surface area contributed by atoms with Gasteiger partial charge in [-0.25, -0.2) is 0 Å². The predicted molar refractivity (Wildman–Crippen MR) is 97.5 cm³/mol. The Balaban J connectivity index is 1.88. The zero-order valence-corrected chi connectivity index (χ0v) is 15.5. The number of phenolic OH excluding ortho intramolecular Hbond substituents is 1. The highest BCUT2D eigenvalue weighted by atomic mass is 127. The number of aryl methyl sites for hydroxylation is 1. The summed E-state index contributed by atoms with van der Waals surface area (Å²) >= 11 is 8.10. The van der Waals surface area contributed by atoms with Crippen molar-refractivity contribution in [3.05, 3.63) is 38.9 Å². The number of hydrogen-bond donors (Lipinski definition) is 1. The summed E-state index contributed by atoms with van der Waals surface area (Å²) < 4.78 is 0.778. The number of aromatic hydroxyl groups is 1. The third-order valence-electron chi connectivity index (χ3n) is 3.85. The molecule has 0 aromatic heterocycles. The fourth-order valence-electron chi connectivity index (χ4n) is 2.48. The number of rotatable bonds is 4. The van der Waals surface area contributed by atoms with Gasteiger partial charge < -0.3 is 14.9 Å². The lowest BCUT2D eigenvalue weighted by atomic mass is 10.1. The maximum atomic E-state index is 12.3. The van der Waals surface area contributed by atoms with Gasteiger partial charge in [-0.05, 0) is 52.8 Å². The van der Waals surface area contributed by atoms with E-state index in [0.717, 1.165) is 3.57 Å². The van der Waals surface area contributed by atoms with Crippen LogP contribution in [0.5, 0.6) is 5.75 Å². The van der Waals surface area contributed by atoms with E-state index < -0.39 is 0 Å². The van der Waals surface area contributed by atoms with E-state index in [1.54, 1.807) is 21.9 Å². The van der Waals surface area contributed by atoms with Crippen LogP contribution in [0.3, 0.4) is 0 Å². The van der Waals surface area contributed by atoms with Gasteiger partial charge in [0.15, 0.2) is 0 Å². The second-order valence-electron chi connectivity index (χ2n) is 5.31. The Morgan fingerprint density at radius 1 is 1.26 bits per heavy atom. The molecule has 1 aromatic rings. The van der Waals surface area contributed by atoms with Gasteiger partial charge in [0.05, 0.1) is 5.02 Å². The fourth-order valence-corrected chi connectivity index (χ4v) is 3.12. The van der Waals surface area contributed by atoms with Gasteiger partial charge in [-0.3, -0.25) is 9.59 Å². The number of benzene rings is 1. The number of piperazine rings is 1. The van der Waals surface area contributed by atoms with Gasteiger partial charge in [-0.2, -0.15) is 0 Å². The molecule has 1 N–H and O–H groups in total. The van der Waals surface area contributed by atoms with Crippen molar-refractivity contribution < 1.29 is 14.7 Å². The van der Waals surface area contributed by atoms with E-state index >= 15 is 0 Å². The van der Waals surface area contributed by atoms with Gasteiger partial charge in [0.1, 0.15) is 5.75 Å². The van der Waals surface area contributed by atoms with Crippen molar-refractivity contribution in [2.24, 2.45) is 0 Å². The molecule has 7 heteroatoms. The van der Waals surface area contributed by atoms with Crippen molar-refractivity contribution in [1.82, 2.24) is 9.80 Å². The largest absolute Gasteiger partial charge is 0.508 e. The molecule has 1 aromatic carbocycles. The van der Waals surface area contributed by atoms with Crippen molar-refractivity contribution in [3.8, 4) is 5.75 Å². The van der Waals surface area contributed by atoms with E-state index in [4.69, 9.17) is 11.6 Å². The van der Waals surface area contributed by atoms with Gasteiger partial charge in [-0.15, -0.1) is 0 Å². The number of halogens is 2. The average Bonchev–Trinajstić information content (AvgIpc) is 2.56. The van der Waals surface area contributed by atoms with E-state index in [0.29, 0.717) is 49.6 Å². The average molecular weight is 449 g/mol. The molecule has 2 amide bonds. The number of carbonyl (C=O) groups excluding carboxylic acids is 2. The van der Waals surface area contributed by atoms with E-state index in [1.165, 1.54) is 6.08 Å². The Bertz CT molecular complexity index is 628. The molecule has 1 aliphatic rings. The van der Waals surface area contributed by atoms with Crippen LogP contribution in [-0.4, -0.2) is 52.9 Å². The third kappa shape index (κ3) is 4.60. The molecule has 0 unspecified atom stereocenters. The van der Waals surface area contributed by atoms with Gasteiger partial charge in [0, 0.05) is 36.2 Å². The topological polar surface area (TPSA) is 60.9 Å². The summed E-state index contributed by atoms with van der Waals surface area (Å²) in [6.07, 6.45) is 2.04. The molecule has 0 aliphatic carbocycles. The van der Waals surface area contributed by atoms with Gasteiger partial charge in [0.2, 0.25) is 11.8 Å². The SMILES string of the molecule is C=CC(=O)N1CCN(C(=O)CCc2cc(Cl)c(I)cc2O)CC1. The molecule has 5 nitrogen and oxygen atoms in total. The van der Waals surface area contributed by atoms with Gasteiger partial charge in [-0.1, -0.05) is 18.2 Å².